The number of carboxylic acid groups (broad SMARTS) is 1. The number of nitrogen functional groups attached to an aromatic ring is 1. The summed E-state index contributed by atoms with van der Waals surface area (Å²) in [6.45, 7) is 0. The van der Waals surface area contributed by atoms with Gasteiger partial charge >= 0.3 is 5.97 Å². The van der Waals surface area contributed by atoms with Crippen molar-refractivity contribution in [1.82, 2.24) is 40.5 Å². The zero-order valence-electron chi connectivity index (χ0n) is 20.4. The minimum atomic E-state index is -1.22. The highest BCUT2D eigenvalue weighted by atomic mass is 32.2. The van der Waals surface area contributed by atoms with E-state index < -0.39 is 29.2 Å². The summed E-state index contributed by atoms with van der Waals surface area (Å²) in [4.78, 5) is 49.5. The van der Waals surface area contributed by atoms with Gasteiger partial charge in [0.05, 0.1) is 0 Å². The molecule has 2 amide bonds. The third-order valence-corrected chi connectivity index (χ3v) is 9.22. The first-order chi connectivity index (χ1) is 19.4. The summed E-state index contributed by atoms with van der Waals surface area (Å²) in [6.07, 6.45) is 5.14. The van der Waals surface area contributed by atoms with Gasteiger partial charge in [-0.05, 0) is 47.1 Å². The number of aromatic nitrogens is 6. The highest BCUT2D eigenvalue weighted by Gasteiger charge is 2.54. The number of β-lactam (4-membered cyclic amide) rings is 1. The Morgan fingerprint density at radius 3 is 2.98 bits per heavy atom. The molecule has 0 radical (unpaired) electrons. The Balaban J connectivity index is 1.17. The van der Waals surface area contributed by atoms with Gasteiger partial charge in [0.25, 0.3) is 11.8 Å². The fourth-order valence-corrected chi connectivity index (χ4v) is 7.17. The molecule has 4 N–H and O–H groups in total. The number of oxime groups is 1. The number of nitrogens with zero attached hydrogens (tertiary/aromatic N) is 8. The smallest absolute Gasteiger partial charge is 0.352 e. The van der Waals surface area contributed by atoms with E-state index in [9.17, 15) is 19.5 Å². The van der Waals surface area contributed by atoms with Gasteiger partial charge in [-0.15, -0.1) is 49.7 Å². The number of carbonyl (C=O) groups excluding carboxylic acids is 2. The SMILES string of the molecule is Nc1nc(C(=NOC2C=CCC2)C(=O)NC2C(=O)N3C(C(=O)O)=C(CSc4ccc5nnnn5n4)CS[C@@H]23)cs1. The van der Waals surface area contributed by atoms with Crippen LogP contribution in [0.2, 0.25) is 0 Å². The van der Waals surface area contributed by atoms with Crippen LogP contribution in [0.3, 0.4) is 0 Å². The number of tetrazole rings is 1. The summed E-state index contributed by atoms with van der Waals surface area (Å²) in [7, 11) is 0. The highest BCUT2D eigenvalue weighted by Crippen LogP contribution is 2.41. The highest BCUT2D eigenvalue weighted by molar-refractivity contribution is 8.01. The van der Waals surface area contributed by atoms with Crippen LogP contribution in [0.4, 0.5) is 5.13 Å². The number of aliphatic carboxylic acids is 1. The molecule has 1 saturated heterocycles. The van der Waals surface area contributed by atoms with Crippen LogP contribution < -0.4 is 11.1 Å². The van der Waals surface area contributed by atoms with Crippen molar-refractivity contribution in [3.05, 3.63) is 46.6 Å². The molecular weight excluding hydrogens is 581 g/mol. The third-order valence-electron chi connectivity index (χ3n) is 6.20. The van der Waals surface area contributed by atoms with Crippen LogP contribution in [0.5, 0.6) is 0 Å². The first-order valence-electron chi connectivity index (χ1n) is 11.9. The van der Waals surface area contributed by atoms with E-state index in [1.807, 2.05) is 12.2 Å². The van der Waals surface area contributed by atoms with Crippen molar-refractivity contribution in [2.75, 3.05) is 17.2 Å². The number of amides is 2. The zero-order chi connectivity index (χ0) is 27.8. The average molecular weight is 601 g/mol. The number of carboxylic acids is 1. The number of rotatable bonds is 9. The number of allylic oxidation sites excluding steroid dienone is 1. The van der Waals surface area contributed by atoms with Crippen LogP contribution in [0.25, 0.3) is 5.65 Å². The van der Waals surface area contributed by atoms with Gasteiger partial charge in [0, 0.05) is 16.9 Å². The minimum absolute atomic E-state index is 0.0900. The Morgan fingerprint density at radius 1 is 1.35 bits per heavy atom. The molecule has 3 aromatic heterocycles. The normalized spacial score (nSPS) is 22.4. The maximum atomic E-state index is 13.2. The van der Waals surface area contributed by atoms with Crippen molar-refractivity contribution in [3.8, 4) is 0 Å². The van der Waals surface area contributed by atoms with Crippen LogP contribution in [-0.2, 0) is 19.2 Å². The molecule has 15 nitrogen and oxygen atoms in total. The van der Waals surface area contributed by atoms with Gasteiger partial charge in [-0.1, -0.05) is 11.2 Å². The topological polar surface area (TPSA) is 203 Å². The molecule has 3 atom stereocenters. The standard InChI is InChI=1S/C22H20N10O5S3/c23-22-24-12(9-40-22)15(28-37-11-3-1-2-4-11)18(33)25-16-19(34)31-17(21(35)36)10(8-39-20(16)31)7-38-14-6-5-13-26-29-30-32(13)27-14/h1,3,5-6,9,11,16,20H,2,4,7-8H2,(H2,23,24)(H,25,33)(H,35,36)/t11?,16?,20-/m0/s1. The van der Waals surface area contributed by atoms with E-state index >= 15 is 0 Å². The lowest BCUT2D eigenvalue weighted by atomic mass is 10.0. The summed E-state index contributed by atoms with van der Waals surface area (Å²) in [5, 5.41) is 33.9. The summed E-state index contributed by atoms with van der Waals surface area (Å²) < 4.78 is 1.28. The lowest BCUT2D eigenvalue weighted by Crippen LogP contribution is -2.71. The molecule has 6 rings (SSSR count). The number of thiazole rings is 1. The van der Waals surface area contributed by atoms with E-state index in [2.05, 4.69) is 36.1 Å². The number of nitrogens with one attached hydrogen (secondary N) is 1. The molecule has 3 aromatic rings. The number of fused-ring (bicyclic) bond motifs is 2. The molecule has 40 heavy (non-hydrogen) atoms. The fourth-order valence-electron chi connectivity index (χ4n) is 4.29. The van der Waals surface area contributed by atoms with Crippen molar-refractivity contribution in [2.24, 2.45) is 5.16 Å². The largest absolute Gasteiger partial charge is 0.477 e. The Morgan fingerprint density at radius 2 is 2.23 bits per heavy atom. The van der Waals surface area contributed by atoms with E-state index in [0.717, 1.165) is 24.2 Å². The Labute approximate surface area is 237 Å². The molecule has 0 bridgehead atoms. The van der Waals surface area contributed by atoms with E-state index in [1.165, 1.54) is 33.1 Å². The molecule has 2 aliphatic heterocycles. The predicted molar refractivity (Wildman–Crippen MR) is 145 cm³/mol. The number of thioether (sulfide) groups is 2. The molecule has 0 saturated carbocycles. The van der Waals surface area contributed by atoms with Gasteiger partial charge in [-0.25, -0.2) is 9.78 Å². The number of hydrogen-bond donors (Lipinski definition) is 3. The van der Waals surface area contributed by atoms with Gasteiger partial charge in [0.2, 0.25) is 0 Å². The van der Waals surface area contributed by atoms with E-state index in [-0.39, 0.29) is 34.1 Å². The Kier molecular flexibility index (Phi) is 7.11. The summed E-state index contributed by atoms with van der Waals surface area (Å²) in [5.74, 6) is -1.78. The van der Waals surface area contributed by atoms with E-state index in [0.29, 0.717) is 22.0 Å². The van der Waals surface area contributed by atoms with Crippen molar-refractivity contribution < 1.29 is 24.3 Å². The molecule has 1 fully saturated rings. The van der Waals surface area contributed by atoms with E-state index in [4.69, 9.17) is 10.6 Å². The van der Waals surface area contributed by atoms with Gasteiger partial charge in [-0.3, -0.25) is 14.5 Å². The van der Waals surface area contributed by atoms with Crippen LogP contribution in [0, 0.1) is 0 Å². The summed E-state index contributed by atoms with van der Waals surface area (Å²) in [6, 6.07) is 2.49. The maximum Gasteiger partial charge on any atom is 0.352 e. The number of hydrogen-bond acceptors (Lipinski definition) is 14. The lowest BCUT2D eigenvalue weighted by molar-refractivity contribution is -0.150. The lowest BCUT2D eigenvalue weighted by Gasteiger charge is -2.49. The van der Waals surface area contributed by atoms with Crippen molar-refractivity contribution in [3.63, 3.8) is 0 Å². The molecule has 3 aliphatic rings. The predicted octanol–water partition coefficient (Wildman–Crippen LogP) is 0.528. The Bertz CT molecular complexity index is 1600. The first kappa shape index (κ1) is 26.2. The summed E-state index contributed by atoms with van der Waals surface area (Å²) >= 11 is 3.81. The molecule has 206 valence electrons. The van der Waals surface area contributed by atoms with Gasteiger partial charge in [0.1, 0.15) is 33.9 Å². The number of carbonyl (C=O) groups is 3. The second-order valence-electron chi connectivity index (χ2n) is 8.77. The van der Waals surface area contributed by atoms with Crippen molar-refractivity contribution >= 4 is 69.1 Å². The second-order valence-corrected chi connectivity index (χ2v) is 11.8. The zero-order valence-corrected chi connectivity index (χ0v) is 22.9. The van der Waals surface area contributed by atoms with Crippen LogP contribution >= 0.6 is 34.9 Å². The number of nitrogens with two attached hydrogens (primary N) is 1. The van der Waals surface area contributed by atoms with Crippen molar-refractivity contribution in [1.29, 1.82) is 0 Å². The fraction of sp³-hybridized carbons (Fsp3) is 0.318. The monoisotopic (exact) mass is 600 g/mol. The van der Waals surface area contributed by atoms with Crippen LogP contribution in [0.15, 0.2) is 51.1 Å². The summed E-state index contributed by atoms with van der Waals surface area (Å²) in [5.41, 5.74) is 6.82. The van der Waals surface area contributed by atoms with E-state index in [1.54, 1.807) is 17.5 Å². The maximum absolute atomic E-state index is 13.2. The quantitative estimate of drug-likeness (QED) is 0.101. The molecule has 18 heteroatoms. The molecule has 5 heterocycles. The first-order valence-corrected chi connectivity index (χ1v) is 14.8. The van der Waals surface area contributed by atoms with Gasteiger partial charge in [-0.2, -0.15) is 0 Å². The molecule has 1 aliphatic carbocycles. The Hall–Kier alpha value is -4.03. The number of anilines is 1. The van der Waals surface area contributed by atoms with Crippen LogP contribution in [0.1, 0.15) is 18.5 Å². The molecular formula is C22H20N10O5S3. The van der Waals surface area contributed by atoms with Crippen LogP contribution in [-0.4, -0.2) is 92.8 Å². The minimum Gasteiger partial charge on any atom is -0.477 e. The van der Waals surface area contributed by atoms with Gasteiger partial charge < -0.3 is 21.0 Å². The molecule has 0 spiro atoms. The molecule has 0 aromatic carbocycles. The second kappa shape index (κ2) is 10.9. The molecule has 2 unspecified atom stereocenters. The van der Waals surface area contributed by atoms with Gasteiger partial charge in [0.15, 0.2) is 16.5 Å². The average Bonchev–Trinajstić information content (AvgIpc) is 3.72. The van der Waals surface area contributed by atoms with Crippen molar-refractivity contribution in [2.45, 2.75) is 35.4 Å². The third kappa shape index (κ3) is 5.00.